The number of nitrogen functional groups attached to an aromatic ring is 1. The third kappa shape index (κ3) is 3.66. The summed E-state index contributed by atoms with van der Waals surface area (Å²) in [6.07, 6.45) is 4.72. The number of amides is 1. The summed E-state index contributed by atoms with van der Waals surface area (Å²) in [5.41, 5.74) is 11.4. The number of carbonyl (C=O) groups excluding carboxylic acids is 1. The molecule has 1 aromatic carbocycles. The van der Waals surface area contributed by atoms with Crippen molar-refractivity contribution in [2.45, 2.75) is 39.3 Å². The number of nitrogens with two attached hydrogens (primary N) is 1. The number of hydrogen-bond acceptors (Lipinski definition) is 5. The third-order valence-corrected chi connectivity index (χ3v) is 6.15. The van der Waals surface area contributed by atoms with Gasteiger partial charge in [0.05, 0.1) is 5.69 Å². The Labute approximate surface area is 185 Å². The van der Waals surface area contributed by atoms with Gasteiger partial charge in [0.2, 0.25) is 5.91 Å². The van der Waals surface area contributed by atoms with Crippen molar-refractivity contribution in [3.63, 3.8) is 0 Å². The minimum atomic E-state index is -0.250. The van der Waals surface area contributed by atoms with E-state index in [4.69, 9.17) is 15.6 Å². The van der Waals surface area contributed by atoms with Gasteiger partial charge in [0.15, 0.2) is 0 Å². The van der Waals surface area contributed by atoms with Crippen LogP contribution >= 0.6 is 0 Å². The number of fused-ring (bicyclic) bond motifs is 2. The molecule has 5 rings (SSSR count). The molecule has 1 amide bonds. The Bertz CT molecular complexity index is 1240. The van der Waals surface area contributed by atoms with Gasteiger partial charge in [-0.25, -0.2) is 4.98 Å². The fourth-order valence-corrected chi connectivity index (χ4v) is 4.48. The second-order valence-electron chi connectivity index (χ2n) is 8.01. The summed E-state index contributed by atoms with van der Waals surface area (Å²) in [6, 6.07) is 10.5. The van der Waals surface area contributed by atoms with Gasteiger partial charge in [0.1, 0.15) is 17.5 Å². The number of pyridine rings is 1. The van der Waals surface area contributed by atoms with Crippen LogP contribution in [0.25, 0.3) is 22.0 Å². The highest BCUT2D eigenvalue weighted by molar-refractivity contribution is 5.99. The lowest BCUT2D eigenvalue weighted by molar-refractivity contribution is -0.133. The maximum absolute atomic E-state index is 12.7. The van der Waals surface area contributed by atoms with Crippen molar-refractivity contribution in [3.05, 3.63) is 47.3 Å². The maximum atomic E-state index is 12.7. The number of carbonyl (C=O) groups is 2. The van der Waals surface area contributed by atoms with E-state index in [0.717, 1.165) is 52.7 Å². The van der Waals surface area contributed by atoms with Crippen LogP contribution in [-0.2, 0) is 29.1 Å². The van der Waals surface area contributed by atoms with E-state index in [1.807, 2.05) is 17.0 Å². The Morgan fingerprint density at radius 3 is 2.78 bits per heavy atom. The molecule has 1 aliphatic carbocycles. The van der Waals surface area contributed by atoms with Crippen LogP contribution in [0.4, 0.5) is 5.82 Å². The fourth-order valence-electron chi connectivity index (χ4n) is 4.48. The Kier molecular flexibility index (Phi) is 5.82. The topological polar surface area (TPSA) is 125 Å². The first kappa shape index (κ1) is 21.4. The van der Waals surface area contributed by atoms with Crippen LogP contribution in [0.3, 0.4) is 0 Å². The molecule has 0 radical (unpaired) electrons. The highest BCUT2D eigenvalue weighted by Crippen LogP contribution is 2.40. The molecule has 164 valence electrons. The first-order chi connectivity index (χ1) is 15.5. The van der Waals surface area contributed by atoms with Crippen LogP contribution in [0.5, 0.6) is 0 Å². The standard InChI is InChI=1S/C23H23N5O.CH2O2/c1-2-27-10-8-15-16(4-3-5-20(15)27)21-17(12-24)22(25)26-19-9-11-28(13-18(19)21)23(29)14-6-7-14;2-1-3/h3-5,8,10,14H,2,6-7,9,11,13H2,1H3,(H2,25,26);1H,(H,2,3). The molecule has 0 unspecified atom stereocenters. The number of anilines is 1. The van der Waals surface area contributed by atoms with Crippen LogP contribution in [0, 0.1) is 17.2 Å². The van der Waals surface area contributed by atoms with Crippen molar-refractivity contribution in [2.24, 2.45) is 5.92 Å². The summed E-state index contributed by atoms with van der Waals surface area (Å²) in [5, 5.41) is 17.9. The van der Waals surface area contributed by atoms with E-state index in [0.29, 0.717) is 25.1 Å². The smallest absolute Gasteiger partial charge is 0.290 e. The molecule has 3 heterocycles. The molecule has 32 heavy (non-hydrogen) atoms. The van der Waals surface area contributed by atoms with E-state index < -0.39 is 0 Å². The number of benzene rings is 1. The number of rotatable bonds is 3. The van der Waals surface area contributed by atoms with Gasteiger partial charge < -0.3 is 20.3 Å². The van der Waals surface area contributed by atoms with E-state index in [9.17, 15) is 10.1 Å². The minimum absolute atomic E-state index is 0.180. The largest absolute Gasteiger partial charge is 0.483 e. The highest BCUT2D eigenvalue weighted by atomic mass is 16.3. The average molecular weight is 431 g/mol. The van der Waals surface area contributed by atoms with Gasteiger partial charge in [0.25, 0.3) is 6.47 Å². The second-order valence-corrected chi connectivity index (χ2v) is 8.01. The average Bonchev–Trinajstić information content (AvgIpc) is 3.56. The quantitative estimate of drug-likeness (QED) is 0.614. The van der Waals surface area contributed by atoms with Crippen LogP contribution in [0.1, 0.15) is 36.6 Å². The summed E-state index contributed by atoms with van der Waals surface area (Å²) >= 11 is 0. The van der Waals surface area contributed by atoms with Gasteiger partial charge >= 0.3 is 0 Å². The lowest BCUT2D eigenvalue weighted by Gasteiger charge is -2.31. The van der Waals surface area contributed by atoms with Crippen LogP contribution in [-0.4, -0.2) is 38.5 Å². The summed E-state index contributed by atoms with van der Waals surface area (Å²) < 4.78 is 2.19. The first-order valence-corrected chi connectivity index (χ1v) is 10.7. The molecule has 3 N–H and O–H groups in total. The zero-order valence-electron chi connectivity index (χ0n) is 17.9. The first-order valence-electron chi connectivity index (χ1n) is 10.7. The molecule has 0 saturated heterocycles. The molecule has 0 atom stereocenters. The van der Waals surface area contributed by atoms with E-state index in [1.165, 1.54) is 0 Å². The van der Waals surface area contributed by atoms with Crippen molar-refractivity contribution >= 4 is 29.1 Å². The monoisotopic (exact) mass is 431 g/mol. The van der Waals surface area contributed by atoms with Crippen molar-refractivity contribution in [1.29, 1.82) is 5.26 Å². The molecule has 1 fully saturated rings. The number of carboxylic acid groups (broad SMARTS) is 1. The predicted octanol–water partition coefficient (Wildman–Crippen LogP) is 3.17. The van der Waals surface area contributed by atoms with Gasteiger partial charge in [-0.05, 0) is 37.5 Å². The van der Waals surface area contributed by atoms with E-state index in [-0.39, 0.29) is 24.1 Å². The van der Waals surface area contributed by atoms with Crippen LogP contribution in [0.15, 0.2) is 30.5 Å². The van der Waals surface area contributed by atoms with Gasteiger partial charge in [-0.2, -0.15) is 5.26 Å². The summed E-state index contributed by atoms with van der Waals surface area (Å²) in [6.45, 7) is 3.89. The zero-order chi connectivity index (χ0) is 22.8. The Morgan fingerprint density at radius 2 is 2.12 bits per heavy atom. The van der Waals surface area contributed by atoms with Gasteiger partial charge in [-0.1, -0.05) is 12.1 Å². The molecule has 0 bridgehead atoms. The van der Waals surface area contributed by atoms with Crippen LogP contribution in [0.2, 0.25) is 0 Å². The summed E-state index contributed by atoms with van der Waals surface area (Å²) in [5.74, 6) is 0.682. The molecule has 8 nitrogen and oxygen atoms in total. The SMILES string of the molecule is CCn1ccc2c(-c3c(C#N)c(N)nc4c3CN(C(=O)C3CC3)CC4)cccc21.O=CO. The summed E-state index contributed by atoms with van der Waals surface area (Å²) in [7, 11) is 0. The third-order valence-electron chi connectivity index (χ3n) is 6.15. The number of nitrogens with zero attached hydrogens (tertiary/aromatic N) is 4. The van der Waals surface area contributed by atoms with E-state index >= 15 is 0 Å². The molecule has 3 aromatic rings. The zero-order valence-corrected chi connectivity index (χ0v) is 17.9. The molecule has 2 aromatic heterocycles. The molecule has 2 aliphatic rings. The van der Waals surface area contributed by atoms with Crippen molar-refractivity contribution in [2.75, 3.05) is 12.3 Å². The number of aromatic nitrogens is 2. The van der Waals surface area contributed by atoms with Crippen molar-refractivity contribution < 1.29 is 14.7 Å². The minimum Gasteiger partial charge on any atom is -0.483 e. The van der Waals surface area contributed by atoms with E-state index in [1.54, 1.807) is 0 Å². The molecular weight excluding hydrogens is 406 g/mol. The molecule has 1 saturated carbocycles. The summed E-state index contributed by atoms with van der Waals surface area (Å²) in [4.78, 5) is 27.5. The van der Waals surface area contributed by atoms with Crippen LogP contribution < -0.4 is 5.73 Å². The van der Waals surface area contributed by atoms with E-state index in [2.05, 4.69) is 40.9 Å². The highest BCUT2D eigenvalue weighted by Gasteiger charge is 2.36. The number of nitriles is 1. The number of hydrogen-bond donors (Lipinski definition) is 2. The van der Waals surface area contributed by atoms with Crippen molar-refractivity contribution in [1.82, 2.24) is 14.5 Å². The second kappa shape index (κ2) is 8.71. The number of aryl methyl sites for hydroxylation is 1. The Balaban J connectivity index is 0.000000775. The fraction of sp³-hybridized carbons (Fsp3) is 0.333. The molecule has 0 spiro atoms. The lowest BCUT2D eigenvalue weighted by Crippen LogP contribution is -2.37. The maximum Gasteiger partial charge on any atom is 0.290 e. The van der Waals surface area contributed by atoms with Gasteiger partial charge in [-0.3, -0.25) is 9.59 Å². The van der Waals surface area contributed by atoms with Gasteiger partial charge in [0, 0.05) is 60.2 Å². The molecule has 8 heteroatoms. The van der Waals surface area contributed by atoms with Crippen molar-refractivity contribution in [3.8, 4) is 17.2 Å². The lowest BCUT2D eigenvalue weighted by atomic mass is 9.89. The molecular formula is C24H25N5O3. The van der Waals surface area contributed by atoms with Gasteiger partial charge in [-0.15, -0.1) is 0 Å². The predicted molar refractivity (Wildman–Crippen MR) is 121 cm³/mol. The Morgan fingerprint density at radius 1 is 1.38 bits per heavy atom. The Hall–Kier alpha value is -3.86. The molecule has 1 aliphatic heterocycles. The normalized spacial score (nSPS) is 14.8.